The number of fused-ring (bicyclic) bond motifs is 3. The van der Waals surface area contributed by atoms with Crippen LogP contribution in [0.5, 0.6) is 5.75 Å². The molecule has 2 heterocycles. The summed E-state index contributed by atoms with van der Waals surface area (Å²) in [5.41, 5.74) is 1.40. The molecule has 1 aromatic heterocycles. The molecular formula is C19H21N3O. The summed E-state index contributed by atoms with van der Waals surface area (Å²) >= 11 is 0. The van der Waals surface area contributed by atoms with E-state index in [1.54, 1.807) is 0 Å². The lowest BCUT2D eigenvalue weighted by atomic mass is 9.49. The number of para-hydroxylation sites is 2. The van der Waals surface area contributed by atoms with Crippen LogP contribution in [0.1, 0.15) is 50.2 Å². The zero-order valence-electron chi connectivity index (χ0n) is 13.2. The Morgan fingerprint density at radius 1 is 0.957 bits per heavy atom. The third-order valence-corrected chi connectivity index (χ3v) is 6.71. The molecule has 0 amide bonds. The number of ether oxygens (including phenoxy) is 1. The molecule has 2 aromatic rings. The number of rotatable bonds is 1. The maximum atomic E-state index is 5.86. The molecule has 4 heteroatoms. The molecule has 4 nitrogen and oxygen atoms in total. The van der Waals surface area contributed by atoms with Gasteiger partial charge in [-0.15, -0.1) is 10.2 Å². The number of hydrogen-bond donors (Lipinski definition) is 0. The minimum absolute atomic E-state index is 0.268. The van der Waals surface area contributed by atoms with E-state index in [9.17, 15) is 0 Å². The van der Waals surface area contributed by atoms with E-state index in [1.807, 2.05) is 6.07 Å². The Kier molecular flexibility index (Phi) is 2.27. The van der Waals surface area contributed by atoms with Crippen LogP contribution >= 0.6 is 0 Å². The highest BCUT2D eigenvalue weighted by atomic mass is 16.5. The molecular weight excluding hydrogens is 286 g/mol. The Balaban J connectivity index is 1.54. The van der Waals surface area contributed by atoms with Gasteiger partial charge in [0.1, 0.15) is 18.2 Å². The van der Waals surface area contributed by atoms with Crippen molar-refractivity contribution in [3.05, 3.63) is 35.9 Å². The van der Waals surface area contributed by atoms with Gasteiger partial charge in [-0.3, -0.25) is 4.57 Å². The van der Waals surface area contributed by atoms with Gasteiger partial charge in [0.05, 0.1) is 5.69 Å². The van der Waals surface area contributed by atoms with E-state index in [0.717, 1.165) is 35.0 Å². The van der Waals surface area contributed by atoms with Crippen molar-refractivity contribution in [2.24, 2.45) is 17.8 Å². The molecule has 1 aromatic carbocycles. The topological polar surface area (TPSA) is 39.9 Å². The fraction of sp³-hybridized carbons (Fsp3) is 0.579. The van der Waals surface area contributed by atoms with Crippen LogP contribution in [0.15, 0.2) is 24.3 Å². The van der Waals surface area contributed by atoms with Crippen molar-refractivity contribution >= 4 is 0 Å². The third-order valence-electron chi connectivity index (χ3n) is 6.71. The smallest absolute Gasteiger partial charge is 0.175 e. The predicted octanol–water partition coefficient (Wildman–Crippen LogP) is 3.63. The second-order valence-corrected chi connectivity index (χ2v) is 8.23. The first-order chi connectivity index (χ1) is 11.3. The van der Waals surface area contributed by atoms with Gasteiger partial charge in [0.15, 0.2) is 5.82 Å². The van der Waals surface area contributed by atoms with Gasteiger partial charge < -0.3 is 4.74 Å². The quantitative estimate of drug-likeness (QED) is 0.807. The van der Waals surface area contributed by atoms with Gasteiger partial charge in [-0.1, -0.05) is 12.1 Å². The molecule has 1 aliphatic heterocycles. The Hall–Kier alpha value is -1.84. The molecule has 0 radical (unpaired) electrons. The van der Waals surface area contributed by atoms with Crippen LogP contribution in [-0.2, 0) is 12.0 Å². The fourth-order valence-corrected chi connectivity index (χ4v) is 6.30. The number of benzene rings is 1. The van der Waals surface area contributed by atoms with Gasteiger partial charge in [-0.2, -0.15) is 0 Å². The molecule has 118 valence electrons. The highest BCUT2D eigenvalue weighted by Gasteiger charge is 2.54. The third kappa shape index (κ3) is 1.62. The Morgan fingerprint density at radius 3 is 2.39 bits per heavy atom. The van der Waals surface area contributed by atoms with Gasteiger partial charge in [-0.05, 0) is 68.4 Å². The fourth-order valence-electron chi connectivity index (χ4n) is 6.30. The van der Waals surface area contributed by atoms with E-state index in [0.29, 0.717) is 6.61 Å². The van der Waals surface area contributed by atoms with Gasteiger partial charge in [0.25, 0.3) is 0 Å². The van der Waals surface area contributed by atoms with Crippen LogP contribution in [0.3, 0.4) is 0 Å². The van der Waals surface area contributed by atoms with Crippen molar-refractivity contribution in [1.29, 1.82) is 0 Å². The van der Waals surface area contributed by atoms with Gasteiger partial charge >= 0.3 is 0 Å². The zero-order chi connectivity index (χ0) is 15.0. The molecule has 0 unspecified atom stereocenters. The van der Waals surface area contributed by atoms with Crippen LogP contribution in [0.4, 0.5) is 0 Å². The second kappa shape index (κ2) is 4.16. The van der Waals surface area contributed by atoms with Gasteiger partial charge in [0.2, 0.25) is 0 Å². The van der Waals surface area contributed by atoms with E-state index in [4.69, 9.17) is 9.84 Å². The van der Waals surface area contributed by atoms with Crippen molar-refractivity contribution < 1.29 is 4.74 Å². The average molecular weight is 307 g/mol. The Morgan fingerprint density at radius 2 is 1.65 bits per heavy atom. The van der Waals surface area contributed by atoms with Gasteiger partial charge in [-0.25, -0.2) is 0 Å². The lowest BCUT2D eigenvalue weighted by molar-refractivity contribution is -0.0104. The Labute approximate surface area is 135 Å². The molecule has 0 saturated heterocycles. The molecule has 0 atom stereocenters. The van der Waals surface area contributed by atoms with Gasteiger partial charge in [0, 0.05) is 5.41 Å². The first-order valence-corrected chi connectivity index (χ1v) is 8.98. The van der Waals surface area contributed by atoms with E-state index < -0.39 is 0 Å². The summed E-state index contributed by atoms with van der Waals surface area (Å²) in [6.07, 6.45) is 8.33. The van der Waals surface area contributed by atoms with E-state index in [-0.39, 0.29) is 5.41 Å². The number of hydrogen-bond acceptors (Lipinski definition) is 3. The van der Waals surface area contributed by atoms with E-state index in [1.165, 1.54) is 44.3 Å². The summed E-state index contributed by atoms with van der Waals surface area (Å²) in [7, 11) is 0. The molecule has 5 aliphatic rings. The molecule has 0 N–H and O–H groups in total. The predicted molar refractivity (Wildman–Crippen MR) is 85.5 cm³/mol. The summed E-state index contributed by atoms with van der Waals surface area (Å²) in [6.45, 7) is 0.538. The van der Waals surface area contributed by atoms with E-state index >= 15 is 0 Å². The number of aromatic nitrogens is 3. The molecule has 0 spiro atoms. The minimum atomic E-state index is 0.268. The normalized spacial score (nSPS) is 36.4. The zero-order valence-corrected chi connectivity index (χ0v) is 13.2. The monoisotopic (exact) mass is 307 g/mol. The van der Waals surface area contributed by atoms with Crippen molar-refractivity contribution in [3.63, 3.8) is 0 Å². The summed E-state index contributed by atoms with van der Waals surface area (Å²) < 4.78 is 8.18. The number of nitrogens with zero attached hydrogens (tertiary/aromatic N) is 3. The molecule has 4 fully saturated rings. The van der Waals surface area contributed by atoms with Crippen molar-refractivity contribution in [2.45, 2.75) is 50.5 Å². The average Bonchev–Trinajstić information content (AvgIpc) is 2.99. The molecule has 4 saturated carbocycles. The maximum Gasteiger partial charge on any atom is 0.175 e. The minimum Gasteiger partial charge on any atom is -0.483 e. The largest absolute Gasteiger partial charge is 0.483 e. The first-order valence-electron chi connectivity index (χ1n) is 8.98. The summed E-state index contributed by atoms with van der Waals surface area (Å²) in [4.78, 5) is 0. The maximum absolute atomic E-state index is 5.86. The van der Waals surface area contributed by atoms with Crippen molar-refractivity contribution in [2.75, 3.05) is 0 Å². The SMILES string of the molecule is c1ccc2c(c1)OCc1nnc(C34CC5CC(CC(C5)C3)C4)n1-2. The van der Waals surface area contributed by atoms with E-state index in [2.05, 4.69) is 27.9 Å². The van der Waals surface area contributed by atoms with Crippen LogP contribution < -0.4 is 4.74 Å². The standard InChI is InChI=1S/C19H21N3O/c1-2-4-16-15(3-1)22-17(11-23-16)20-21-18(22)19-8-12-5-13(9-19)7-14(6-12)10-19/h1-4,12-14H,5-11H2. The van der Waals surface area contributed by atoms with Crippen molar-refractivity contribution in [1.82, 2.24) is 14.8 Å². The van der Waals surface area contributed by atoms with Crippen LogP contribution in [0.25, 0.3) is 5.69 Å². The lowest BCUT2D eigenvalue weighted by Crippen LogP contribution is -2.49. The summed E-state index contributed by atoms with van der Waals surface area (Å²) in [5.74, 6) is 5.92. The highest BCUT2D eigenvalue weighted by molar-refractivity contribution is 5.50. The van der Waals surface area contributed by atoms with Crippen LogP contribution in [-0.4, -0.2) is 14.8 Å². The molecule has 7 rings (SSSR count). The van der Waals surface area contributed by atoms with Crippen LogP contribution in [0.2, 0.25) is 0 Å². The Bertz CT molecular complexity index is 758. The molecule has 23 heavy (non-hydrogen) atoms. The second-order valence-electron chi connectivity index (χ2n) is 8.23. The van der Waals surface area contributed by atoms with Crippen molar-refractivity contribution in [3.8, 4) is 11.4 Å². The first kappa shape index (κ1) is 12.6. The van der Waals surface area contributed by atoms with Crippen LogP contribution in [0, 0.1) is 17.8 Å². The lowest BCUT2D eigenvalue weighted by Gasteiger charge is -2.56. The highest BCUT2D eigenvalue weighted by Crippen LogP contribution is 2.60. The summed E-state index contributed by atoms with van der Waals surface area (Å²) in [5, 5.41) is 9.22. The summed E-state index contributed by atoms with van der Waals surface area (Å²) in [6, 6.07) is 8.33. The molecule has 4 bridgehead atoms. The molecule has 4 aliphatic carbocycles.